The molecule has 7 rings (SSSR count). The number of hydrogen-bond donors (Lipinski definition) is 1. The van der Waals surface area contributed by atoms with Crippen molar-refractivity contribution in [3.05, 3.63) is 127 Å². The summed E-state index contributed by atoms with van der Waals surface area (Å²) in [6, 6.07) is 26.8. The van der Waals surface area contributed by atoms with Crippen LogP contribution in [0.15, 0.2) is 116 Å². The van der Waals surface area contributed by atoms with Gasteiger partial charge in [0.1, 0.15) is 22.9 Å². The highest BCUT2D eigenvalue weighted by Gasteiger charge is 2.18. The Kier molecular flexibility index (Phi) is 5.59. The van der Waals surface area contributed by atoms with E-state index >= 15 is 0 Å². The maximum absolute atomic E-state index is 13.6. The summed E-state index contributed by atoms with van der Waals surface area (Å²) < 4.78 is 17.2. The highest BCUT2D eigenvalue weighted by Crippen LogP contribution is 2.32. The standard InChI is InChI=1S/C31H20FN7O/c32-24-11-9-20(10-12-24)29-30(38-16-2-1-8-27(38)36-29)25-13-14-28-34-26(19-39(28)37-25)35-31(40)22-6-3-5-21(17-22)23-7-4-15-33-18-23/h1-19H,(H,35,40). The summed E-state index contributed by atoms with van der Waals surface area (Å²) in [5.74, 6) is -0.224. The Morgan fingerprint density at radius 3 is 2.52 bits per heavy atom. The number of nitrogens with one attached hydrogen (secondary N) is 1. The Labute approximate surface area is 227 Å². The number of carbonyl (C=O) groups excluding carboxylic acids is 1. The molecule has 0 bridgehead atoms. The third-order valence-corrected chi connectivity index (χ3v) is 6.57. The summed E-state index contributed by atoms with van der Waals surface area (Å²) in [6.07, 6.45) is 7.05. The van der Waals surface area contributed by atoms with Gasteiger partial charge in [-0.1, -0.05) is 24.3 Å². The van der Waals surface area contributed by atoms with Crippen molar-refractivity contribution in [1.29, 1.82) is 0 Å². The van der Waals surface area contributed by atoms with Crippen molar-refractivity contribution in [2.24, 2.45) is 0 Å². The van der Waals surface area contributed by atoms with Crippen LogP contribution in [0.25, 0.3) is 45.1 Å². The second-order valence-corrected chi connectivity index (χ2v) is 9.17. The van der Waals surface area contributed by atoms with Crippen molar-refractivity contribution in [3.8, 4) is 33.8 Å². The number of benzene rings is 2. The fourth-order valence-corrected chi connectivity index (χ4v) is 4.68. The van der Waals surface area contributed by atoms with Crippen LogP contribution in [0.2, 0.25) is 0 Å². The van der Waals surface area contributed by atoms with Crippen molar-refractivity contribution in [1.82, 2.24) is 29.0 Å². The number of rotatable bonds is 5. The Hall–Kier alpha value is -5.70. The lowest BCUT2D eigenvalue weighted by Crippen LogP contribution is -2.12. The van der Waals surface area contributed by atoms with E-state index in [0.29, 0.717) is 28.4 Å². The van der Waals surface area contributed by atoms with Crippen LogP contribution in [-0.2, 0) is 0 Å². The average molecular weight is 526 g/mol. The summed E-state index contributed by atoms with van der Waals surface area (Å²) >= 11 is 0. The molecule has 0 spiro atoms. The summed E-state index contributed by atoms with van der Waals surface area (Å²) in [6.45, 7) is 0. The van der Waals surface area contributed by atoms with Crippen LogP contribution in [0, 0.1) is 5.82 Å². The highest BCUT2D eigenvalue weighted by molar-refractivity contribution is 6.04. The molecule has 0 atom stereocenters. The molecule has 5 heterocycles. The Bertz CT molecular complexity index is 2010. The van der Waals surface area contributed by atoms with E-state index in [1.54, 1.807) is 41.3 Å². The molecule has 0 saturated carbocycles. The van der Waals surface area contributed by atoms with Gasteiger partial charge in [0, 0.05) is 35.3 Å². The first-order chi connectivity index (χ1) is 19.6. The van der Waals surface area contributed by atoms with Gasteiger partial charge < -0.3 is 5.32 Å². The van der Waals surface area contributed by atoms with Crippen molar-refractivity contribution in [2.45, 2.75) is 0 Å². The van der Waals surface area contributed by atoms with Crippen LogP contribution in [0.5, 0.6) is 0 Å². The van der Waals surface area contributed by atoms with Gasteiger partial charge in [0.2, 0.25) is 0 Å². The molecule has 0 saturated heterocycles. The number of carbonyl (C=O) groups is 1. The first kappa shape index (κ1) is 23.4. The van der Waals surface area contributed by atoms with Gasteiger partial charge in [0.05, 0.1) is 11.9 Å². The molecule has 0 fully saturated rings. The molecule has 0 aliphatic rings. The third kappa shape index (κ3) is 4.25. The minimum Gasteiger partial charge on any atom is -0.305 e. The van der Waals surface area contributed by atoms with Crippen LogP contribution in [-0.4, -0.2) is 34.9 Å². The van der Waals surface area contributed by atoms with Gasteiger partial charge in [-0.25, -0.2) is 18.9 Å². The fraction of sp³-hybridized carbons (Fsp3) is 0. The molecule has 0 unspecified atom stereocenters. The third-order valence-electron chi connectivity index (χ3n) is 6.57. The molecule has 9 heteroatoms. The molecule has 0 aliphatic heterocycles. The minimum atomic E-state index is -0.314. The maximum Gasteiger partial charge on any atom is 0.256 e. The van der Waals surface area contributed by atoms with Crippen LogP contribution in [0.1, 0.15) is 10.4 Å². The first-order valence-electron chi connectivity index (χ1n) is 12.5. The number of nitrogens with zero attached hydrogens (tertiary/aromatic N) is 6. The van der Waals surface area contributed by atoms with E-state index in [-0.39, 0.29) is 11.7 Å². The molecule has 0 aliphatic carbocycles. The zero-order chi connectivity index (χ0) is 27.1. The molecular formula is C31H20FN7O. The second-order valence-electron chi connectivity index (χ2n) is 9.17. The largest absolute Gasteiger partial charge is 0.305 e. The van der Waals surface area contributed by atoms with E-state index in [1.165, 1.54) is 12.1 Å². The molecule has 7 aromatic rings. The zero-order valence-corrected chi connectivity index (χ0v) is 20.9. The summed E-state index contributed by atoms with van der Waals surface area (Å²) in [5.41, 5.74) is 6.49. The SMILES string of the molecule is O=C(Nc1cn2nc(-c3c(-c4ccc(F)cc4)nc4ccccn34)ccc2n1)c1cccc(-c2cccnc2)c1. The number of imidazole rings is 2. The number of halogens is 1. The van der Waals surface area contributed by atoms with Gasteiger partial charge in [-0.3, -0.25) is 14.2 Å². The monoisotopic (exact) mass is 525 g/mol. The van der Waals surface area contributed by atoms with E-state index in [2.05, 4.69) is 15.3 Å². The lowest BCUT2D eigenvalue weighted by atomic mass is 10.0. The predicted octanol–water partition coefficient (Wildman–Crippen LogP) is 6.16. The van der Waals surface area contributed by atoms with Gasteiger partial charge in [-0.2, -0.15) is 5.10 Å². The summed E-state index contributed by atoms with van der Waals surface area (Å²) in [4.78, 5) is 26.5. The minimum absolute atomic E-state index is 0.283. The van der Waals surface area contributed by atoms with Gasteiger partial charge in [-0.05, 0) is 72.3 Å². The van der Waals surface area contributed by atoms with Crippen molar-refractivity contribution in [2.75, 3.05) is 5.32 Å². The molecule has 5 aromatic heterocycles. The van der Waals surface area contributed by atoms with Crippen molar-refractivity contribution in [3.63, 3.8) is 0 Å². The fourth-order valence-electron chi connectivity index (χ4n) is 4.68. The first-order valence-corrected chi connectivity index (χ1v) is 12.5. The quantitative estimate of drug-likeness (QED) is 0.291. The predicted molar refractivity (Wildman–Crippen MR) is 150 cm³/mol. The van der Waals surface area contributed by atoms with E-state index in [4.69, 9.17) is 10.1 Å². The Morgan fingerprint density at radius 2 is 1.68 bits per heavy atom. The van der Waals surface area contributed by atoms with Gasteiger partial charge in [0.15, 0.2) is 11.5 Å². The molecule has 8 nitrogen and oxygen atoms in total. The normalized spacial score (nSPS) is 11.2. The van der Waals surface area contributed by atoms with E-state index in [0.717, 1.165) is 28.0 Å². The molecule has 192 valence electrons. The van der Waals surface area contributed by atoms with Gasteiger partial charge in [-0.15, -0.1) is 0 Å². The number of hydrogen-bond acceptors (Lipinski definition) is 5. The molecule has 40 heavy (non-hydrogen) atoms. The van der Waals surface area contributed by atoms with Crippen LogP contribution in [0.3, 0.4) is 0 Å². The molecule has 1 amide bonds. The number of anilines is 1. The van der Waals surface area contributed by atoms with Crippen LogP contribution >= 0.6 is 0 Å². The van der Waals surface area contributed by atoms with E-state index in [9.17, 15) is 9.18 Å². The van der Waals surface area contributed by atoms with Gasteiger partial charge in [0.25, 0.3) is 5.91 Å². The lowest BCUT2D eigenvalue weighted by Gasteiger charge is -2.05. The van der Waals surface area contributed by atoms with Crippen LogP contribution < -0.4 is 5.32 Å². The lowest BCUT2D eigenvalue weighted by molar-refractivity contribution is 0.102. The van der Waals surface area contributed by atoms with E-state index < -0.39 is 0 Å². The molecule has 0 radical (unpaired) electrons. The Morgan fingerprint density at radius 1 is 0.800 bits per heavy atom. The highest BCUT2D eigenvalue weighted by atomic mass is 19.1. The summed E-state index contributed by atoms with van der Waals surface area (Å²) in [5, 5.41) is 7.66. The topological polar surface area (TPSA) is 89.5 Å². The molecule has 1 N–H and O–H groups in total. The van der Waals surface area contributed by atoms with Crippen molar-refractivity contribution < 1.29 is 9.18 Å². The molecular weight excluding hydrogens is 505 g/mol. The number of pyridine rings is 2. The zero-order valence-electron chi connectivity index (χ0n) is 20.9. The van der Waals surface area contributed by atoms with E-state index in [1.807, 2.05) is 71.3 Å². The van der Waals surface area contributed by atoms with Gasteiger partial charge >= 0.3 is 0 Å². The number of aromatic nitrogens is 6. The number of fused-ring (bicyclic) bond motifs is 2. The maximum atomic E-state index is 13.6. The average Bonchev–Trinajstić information content (AvgIpc) is 3.58. The molecule has 2 aromatic carbocycles. The van der Waals surface area contributed by atoms with Crippen molar-refractivity contribution >= 4 is 23.0 Å². The Balaban J connectivity index is 1.23. The number of amides is 1. The second kappa shape index (κ2) is 9.55. The summed E-state index contributed by atoms with van der Waals surface area (Å²) in [7, 11) is 0. The van der Waals surface area contributed by atoms with Crippen LogP contribution in [0.4, 0.5) is 10.2 Å². The smallest absolute Gasteiger partial charge is 0.256 e.